The number of hydrogen-bond donors (Lipinski definition) is 2. The van der Waals surface area contributed by atoms with Crippen LogP contribution in [0.2, 0.25) is 0 Å². The van der Waals surface area contributed by atoms with Gasteiger partial charge in [0, 0.05) is 11.1 Å². The molecule has 2 aromatic carbocycles. The zero-order valence-corrected chi connectivity index (χ0v) is 15.9. The van der Waals surface area contributed by atoms with Crippen LogP contribution in [0.5, 0.6) is 0 Å². The average molecular weight is 348 g/mol. The van der Waals surface area contributed by atoms with E-state index in [-0.39, 0.29) is 5.41 Å². The van der Waals surface area contributed by atoms with Crippen LogP contribution < -0.4 is 10.6 Å². The number of piperidine rings is 1. The fraction of sp³-hybridized carbons (Fsp3) is 0.435. The van der Waals surface area contributed by atoms with E-state index in [1.807, 2.05) is 0 Å². The molecule has 0 radical (unpaired) electrons. The molecule has 3 nitrogen and oxygen atoms in total. The van der Waals surface area contributed by atoms with Crippen molar-refractivity contribution in [1.82, 2.24) is 5.32 Å². The molecule has 1 spiro atoms. The molecule has 0 aliphatic carbocycles. The monoisotopic (exact) mass is 347 g/mol. The van der Waals surface area contributed by atoms with Gasteiger partial charge < -0.3 is 10.6 Å². The Kier molecular flexibility index (Phi) is 4.82. The van der Waals surface area contributed by atoms with E-state index in [9.17, 15) is 0 Å². The first-order chi connectivity index (χ1) is 12.7. The molecule has 2 heterocycles. The third-order valence-electron chi connectivity index (χ3n) is 5.90. The van der Waals surface area contributed by atoms with Crippen molar-refractivity contribution in [3.63, 3.8) is 0 Å². The average Bonchev–Trinajstić information content (AvgIpc) is 2.67. The van der Waals surface area contributed by atoms with Crippen molar-refractivity contribution in [3.8, 4) is 0 Å². The largest absolute Gasteiger partial charge is 0.343 e. The van der Waals surface area contributed by atoms with E-state index in [1.54, 1.807) is 0 Å². The molecule has 0 saturated carbocycles. The summed E-state index contributed by atoms with van der Waals surface area (Å²) in [4.78, 5) is 5.11. The number of hydrogen-bond acceptors (Lipinski definition) is 2. The van der Waals surface area contributed by atoms with Gasteiger partial charge in [-0.3, -0.25) is 4.99 Å². The van der Waals surface area contributed by atoms with Crippen molar-refractivity contribution in [2.75, 3.05) is 18.4 Å². The first kappa shape index (κ1) is 17.3. The van der Waals surface area contributed by atoms with Gasteiger partial charge in [-0.25, -0.2) is 0 Å². The zero-order chi connectivity index (χ0) is 18.0. The normalized spacial score (nSPS) is 20.2. The van der Waals surface area contributed by atoms with Gasteiger partial charge in [-0.2, -0.15) is 0 Å². The van der Waals surface area contributed by atoms with Crippen LogP contribution in [0.3, 0.4) is 0 Å². The number of aliphatic imine (C=N–C) groups is 1. The Morgan fingerprint density at radius 3 is 2.65 bits per heavy atom. The number of benzene rings is 2. The van der Waals surface area contributed by atoms with E-state index in [1.165, 1.54) is 28.2 Å². The van der Waals surface area contributed by atoms with Crippen molar-refractivity contribution >= 4 is 11.5 Å². The minimum Gasteiger partial charge on any atom is -0.343 e. The Morgan fingerprint density at radius 2 is 1.85 bits per heavy atom. The van der Waals surface area contributed by atoms with Crippen molar-refractivity contribution in [2.45, 2.75) is 45.6 Å². The fourth-order valence-electron chi connectivity index (χ4n) is 4.25. The highest BCUT2D eigenvalue weighted by Gasteiger charge is 2.40. The summed E-state index contributed by atoms with van der Waals surface area (Å²) >= 11 is 0. The quantitative estimate of drug-likeness (QED) is 0.841. The molecule has 26 heavy (non-hydrogen) atoms. The second-order valence-corrected chi connectivity index (χ2v) is 8.05. The van der Waals surface area contributed by atoms with Gasteiger partial charge in [0.25, 0.3) is 0 Å². The highest BCUT2D eigenvalue weighted by Crippen LogP contribution is 2.40. The summed E-state index contributed by atoms with van der Waals surface area (Å²) in [5.74, 6) is 1.74. The first-order valence-corrected chi connectivity index (χ1v) is 9.86. The number of rotatable bonds is 3. The maximum absolute atomic E-state index is 5.11. The number of fused-ring (bicyclic) bond motifs is 1. The summed E-state index contributed by atoms with van der Waals surface area (Å²) in [5, 5.41) is 7.20. The van der Waals surface area contributed by atoms with Crippen LogP contribution in [0.1, 0.15) is 49.3 Å². The van der Waals surface area contributed by atoms with Crippen molar-refractivity contribution in [3.05, 3.63) is 65.2 Å². The number of nitrogens with zero attached hydrogens (tertiary/aromatic N) is 1. The van der Waals surface area contributed by atoms with Crippen LogP contribution in [0.25, 0.3) is 0 Å². The van der Waals surface area contributed by atoms with Crippen LogP contribution in [0.15, 0.2) is 53.5 Å². The molecular weight excluding hydrogens is 318 g/mol. The Bertz CT molecular complexity index is 801. The molecule has 0 aromatic heterocycles. The molecule has 0 unspecified atom stereocenters. The Morgan fingerprint density at radius 1 is 1.04 bits per heavy atom. The maximum Gasteiger partial charge on any atom is 0.108 e. The third-order valence-corrected chi connectivity index (χ3v) is 5.90. The summed E-state index contributed by atoms with van der Waals surface area (Å²) in [7, 11) is 0. The first-order valence-electron chi connectivity index (χ1n) is 9.86. The van der Waals surface area contributed by atoms with Gasteiger partial charge in [-0.05, 0) is 61.0 Å². The molecule has 3 heteroatoms. The second kappa shape index (κ2) is 7.24. The van der Waals surface area contributed by atoms with Crippen LogP contribution >= 0.6 is 0 Å². The van der Waals surface area contributed by atoms with E-state index in [0.29, 0.717) is 5.92 Å². The van der Waals surface area contributed by atoms with Gasteiger partial charge >= 0.3 is 0 Å². The lowest BCUT2D eigenvalue weighted by atomic mass is 9.71. The minimum absolute atomic E-state index is 0.162. The summed E-state index contributed by atoms with van der Waals surface area (Å²) < 4.78 is 0. The van der Waals surface area contributed by atoms with Gasteiger partial charge in [0.1, 0.15) is 5.84 Å². The highest BCUT2D eigenvalue weighted by molar-refractivity contribution is 6.02. The van der Waals surface area contributed by atoms with Crippen molar-refractivity contribution in [2.24, 2.45) is 10.4 Å². The Hall–Kier alpha value is -2.13. The summed E-state index contributed by atoms with van der Waals surface area (Å²) in [6, 6.07) is 17.6. The second-order valence-electron chi connectivity index (χ2n) is 8.05. The van der Waals surface area contributed by atoms with Gasteiger partial charge in [-0.15, -0.1) is 0 Å². The molecule has 1 fully saturated rings. The van der Waals surface area contributed by atoms with E-state index >= 15 is 0 Å². The number of anilines is 1. The molecule has 136 valence electrons. The number of nitrogens with one attached hydrogen (secondary N) is 2. The van der Waals surface area contributed by atoms with E-state index < -0.39 is 0 Å². The third kappa shape index (κ3) is 3.41. The molecular formula is C23H29N3. The molecule has 2 aliphatic heterocycles. The van der Waals surface area contributed by atoms with Gasteiger partial charge in [-0.1, -0.05) is 56.3 Å². The minimum atomic E-state index is 0.162. The van der Waals surface area contributed by atoms with Crippen molar-refractivity contribution in [1.29, 1.82) is 0 Å². The molecule has 2 aromatic rings. The van der Waals surface area contributed by atoms with E-state index in [2.05, 4.69) is 73.0 Å². The maximum atomic E-state index is 5.11. The Balaban J connectivity index is 1.64. The number of amidine groups is 1. The van der Waals surface area contributed by atoms with Crippen LogP contribution in [-0.2, 0) is 13.0 Å². The molecule has 0 atom stereocenters. The standard InChI is InChI=1S/C23H29N3/c1-17(2)19-8-5-6-18(14-19)16-25-22-23(10-12-24-13-11-23)15-20-7-3-4-9-21(20)26-22/h3-9,14,17,24H,10-13,15-16H2,1-2H3,(H,25,26). The zero-order valence-electron chi connectivity index (χ0n) is 15.9. The lowest BCUT2D eigenvalue weighted by molar-refractivity contribution is 0.293. The highest BCUT2D eigenvalue weighted by atomic mass is 15.0. The molecule has 1 saturated heterocycles. The van der Waals surface area contributed by atoms with Gasteiger partial charge in [0.2, 0.25) is 0 Å². The lowest BCUT2D eigenvalue weighted by Crippen LogP contribution is -2.48. The lowest BCUT2D eigenvalue weighted by Gasteiger charge is -2.42. The Labute approximate surface area is 156 Å². The summed E-state index contributed by atoms with van der Waals surface area (Å²) in [6.07, 6.45) is 3.40. The SMILES string of the molecule is CC(C)c1cccc(CN=C2Nc3ccccc3CC23CCNCC3)c1. The van der Waals surface area contributed by atoms with Crippen molar-refractivity contribution < 1.29 is 0 Å². The van der Waals surface area contributed by atoms with Crippen LogP contribution in [0, 0.1) is 5.41 Å². The van der Waals surface area contributed by atoms with Crippen LogP contribution in [-0.4, -0.2) is 18.9 Å². The molecule has 0 bridgehead atoms. The van der Waals surface area contributed by atoms with Gasteiger partial charge in [0.15, 0.2) is 0 Å². The number of para-hydroxylation sites is 1. The molecule has 2 aliphatic rings. The van der Waals surface area contributed by atoms with Crippen LogP contribution in [0.4, 0.5) is 5.69 Å². The predicted molar refractivity (Wildman–Crippen MR) is 110 cm³/mol. The summed E-state index contributed by atoms with van der Waals surface area (Å²) in [5.41, 5.74) is 5.51. The molecule has 2 N–H and O–H groups in total. The molecule has 0 amide bonds. The van der Waals surface area contributed by atoms with Gasteiger partial charge in [0.05, 0.1) is 6.54 Å². The summed E-state index contributed by atoms with van der Waals surface area (Å²) in [6.45, 7) is 7.39. The van der Waals surface area contributed by atoms with E-state index in [0.717, 1.165) is 38.9 Å². The molecule has 4 rings (SSSR count). The fourth-order valence-corrected chi connectivity index (χ4v) is 4.25. The predicted octanol–water partition coefficient (Wildman–Crippen LogP) is 4.75. The smallest absolute Gasteiger partial charge is 0.108 e. The topological polar surface area (TPSA) is 36.4 Å². The van der Waals surface area contributed by atoms with E-state index in [4.69, 9.17) is 4.99 Å².